The molecule has 0 saturated carbocycles. The van der Waals surface area contributed by atoms with Gasteiger partial charge < -0.3 is 4.90 Å². The zero-order valence-corrected chi connectivity index (χ0v) is 14.8. The number of rotatable bonds is 4. The predicted molar refractivity (Wildman–Crippen MR) is 94.0 cm³/mol. The first-order chi connectivity index (χ1) is 11.6. The Morgan fingerprint density at radius 3 is 2.58 bits per heavy atom. The number of nitrogens with zero attached hydrogens (tertiary/aromatic N) is 6. The van der Waals surface area contributed by atoms with Crippen LogP contribution in [0.1, 0.15) is 23.7 Å². The van der Waals surface area contributed by atoms with Gasteiger partial charge in [0.25, 0.3) is 0 Å². The standard InChI is InChI=1S/C17H21ClN6/c1-3-15-14(17(18)22(2)21-15)12-23-6-8-24(9-7-23)16-5-4-13(10-19)11-20-16/h4-5,11H,3,6-9,12H2,1-2H3. The van der Waals surface area contributed by atoms with Crippen LogP contribution >= 0.6 is 11.6 Å². The molecule has 6 nitrogen and oxygen atoms in total. The lowest BCUT2D eigenvalue weighted by atomic mass is 10.2. The van der Waals surface area contributed by atoms with Crippen molar-refractivity contribution >= 4 is 17.4 Å². The van der Waals surface area contributed by atoms with Crippen molar-refractivity contribution in [2.45, 2.75) is 19.9 Å². The van der Waals surface area contributed by atoms with Gasteiger partial charge in [0.15, 0.2) is 0 Å². The quantitative estimate of drug-likeness (QED) is 0.851. The maximum Gasteiger partial charge on any atom is 0.131 e. The average molecular weight is 345 g/mol. The number of piperazine rings is 1. The lowest BCUT2D eigenvalue weighted by Gasteiger charge is -2.35. The third kappa shape index (κ3) is 3.37. The molecular formula is C17H21ClN6. The third-order valence-electron chi connectivity index (χ3n) is 4.44. The molecule has 1 fully saturated rings. The first-order valence-electron chi connectivity index (χ1n) is 8.16. The van der Waals surface area contributed by atoms with Crippen molar-refractivity contribution in [2.75, 3.05) is 31.1 Å². The SMILES string of the molecule is CCc1nn(C)c(Cl)c1CN1CCN(c2ccc(C#N)cn2)CC1. The second kappa shape index (κ2) is 7.20. The van der Waals surface area contributed by atoms with E-state index in [1.54, 1.807) is 10.9 Å². The Labute approximate surface area is 147 Å². The third-order valence-corrected chi connectivity index (χ3v) is 4.91. The number of nitriles is 1. The van der Waals surface area contributed by atoms with Gasteiger partial charge in [-0.25, -0.2) is 4.98 Å². The van der Waals surface area contributed by atoms with Crippen LogP contribution in [0.2, 0.25) is 5.15 Å². The topological polar surface area (TPSA) is 61.0 Å². The van der Waals surface area contributed by atoms with Gasteiger partial charge in [0, 0.05) is 51.5 Å². The zero-order chi connectivity index (χ0) is 17.1. The van der Waals surface area contributed by atoms with Crippen molar-refractivity contribution in [3.05, 3.63) is 40.3 Å². The zero-order valence-electron chi connectivity index (χ0n) is 14.0. The second-order valence-corrected chi connectivity index (χ2v) is 6.33. The molecule has 0 bridgehead atoms. The highest BCUT2D eigenvalue weighted by Gasteiger charge is 2.21. The number of anilines is 1. The molecule has 1 aliphatic heterocycles. The van der Waals surface area contributed by atoms with Gasteiger partial charge in [0.05, 0.1) is 11.3 Å². The van der Waals surface area contributed by atoms with Crippen molar-refractivity contribution in [2.24, 2.45) is 7.05 Å². The minimum atomic E-state index is 0.593. The summed E-state index contributed by atoms with van der Waals surface area (Å²) in [5, 5.41) is 14.1. The summed E-state index contributed by atoms with van der Waals surface area (Å²) < 4.78 is 1.76. The van der Waals surface area contributed by atoms with Gasteiger partial charge in [-0.1, -0.05) is 18.5 Å². The summed E-state index contributed by atoms with van der Waals surface area (Å²) in [5.41, 5.74) is 2.82. The molecule has 3 rings (SSSR count). The van der Waals surface area contributed by atoms with Gasteiger partial charge >= 0.3 is 0 Å². The molecule has 2 aromatic heterocycles. The fourth-order valence-corrected chi connectivity index (χ4v) is 3.24. The molecule has 0 N–H and O–H groups in total. The highest BCUT2D eigenvalue weighted by molar-refractivity contribution is 6.30. The first kappa shape index (κ1) is 16.7. The van der Waals surface area contributed by atoms with Crippen molar-refractivity contribution in [1.82, 2.24) is 19.7 Å². The molecule has 3 heterocycles. The summed E-state index contributed by atoms with van der Waals surface area (Å²) in [4.78, 5) is 9.04. The van der Waals surface area contributed by atoms with Crippen LogP contribution in [0.25, 0.3) is 0 Å². The van der Waals surface area contributed by atoms with E-state index in [0.29, 0.717) is 5.56 Å². The van der Waals surface area contributed by atoms with Crippen molar-refractivity contribution in [1.29, 1.82) is 5.26 Å². The molecule has 7 heteroatoms. The lowest BCUT2D eigenvalue weighted by Crippen LogP contribution is -2.46. The number of hydrogen-bond donors (Lipinski definition) is 0. The molecule has 0 unspecified atom stereocenters. The van der Waals surface area contributed by atoms with E-state index in [2.05, 4.69) is 32.9 Å². The number of aromatic nitrogens is 3. The Balaban J connectivity index is 1.62. The summed E-state index contributed by atoms with van der Waals surface area (Å²) in [6.07, 6.45) is 2.52. The largest absolute Gasteiger partial charge is 0.354 e. The maximum absolute atomic E-state index is 8.85. The van der Waals surface area contributed by atoms with Gasteiger partial charge in [-0.15, -0.1) is 0 Å². The van der Waals surface area contributed by atoms with Crippen LogP contribution in [-0.4, -0.2) is 45.8 Å². The molecule has 0 radical (unpaired) electrons. The van der Waals surface area contributed by atoms with Gasteiger partial charge in [-0.2, -0.15) is 10.4 Å². The number of aryl methyl sites for hydroxylation is 2. The first-order valence-corrected chi connectivity index (χ1v) is 8.54. The molecular weight excluding hydrogens is 324 g/mol. The lowest BCUT2D eigenvalue weighted by molar-refractivity contribution is 0.248. The Bertz CT molecular complexity index is 738. The van der Waals surface area contributed by atoms with E-state index in [4.69, 9.17) is 16.9 Å². The summed E-state index contributed by atoms with van der Waals surface area (Å²) >= 11 is 6.39. The van der Waals surface area contributed by atoms with Gasteiger partial charge in [0.2, 0.25) is 0 Å². The number of halogens is 1. The Morgan fingerprint density at radius 2 is 2.00 bits per heavy atom. The van der Waals surface area contributed by atoms with Crippen molar-refractivity contribution in [3.63, 3.8) is 0 Å². The second-order valence-electron chi connectivity index (χ2n) is 5.97. The van der Waals surface area contributed by atoms with Gasteiger partial charge in [0.1, 0.15) is 17.0 Å². The Hall–Kier alpha value is -2.10. The van der Waals surface area contributed by atoms with E-state index in [1.807, 2.05) is 19.2 Å². The van der Waals surface area contributed by atoms with Gasteiger partial charge in [-0.05, 0) is 18.6 Å². The van der Waals surface area contributed by atoms with E-state index < -0.39 is 0 Å². The van der Waals surface area contributed by atoms with E-state index in [1.165, 1.54) is 0 Å². The van der Waals surface area contributed by atoms with Crippen LogP contribution in [-0.2, 0) is 20.0 Å². The van der Waals surface area contributed by atoms with Crippen molar-refractivity contribution < 1.29 is 0 Å². The molecule has 126 valence electrons. The monoisotopic (exact) mass is 344 g/mol. The fraction of sp³-hybridized carbons (Fsp3) is 0.471. The minimum absolute atomic E-state index is 0.593. The summed E-state index contributed by atoms with van der Waals surface area (Å²) in [6, 6.07) is 5.84. The van der Waals surface area contributed by atoms with Crippen LogP contribution in [0.3, 0.4) is 0 Å². The predicted octanol–water partition coefficient (Wildman–Crippen LogP) is 2.22. The van der Waals surface area contributed by atoms with E-state index in [-0.39, 0.29) is 0 Å². The summed E-state index contributed by atoms with van der Waals surface area (Å²) in [5.74, 6) is 0.933. The highest BCUT2D eigenvalue weighted by Crippen LogP contribution is 2.23. The van der Waals surface area contributed by atoms with Crippen LogP contribution in [0.4, 0.5) is 5.82 Å². The van der Waals surface area contributed by atoms with E-state index >= 15 is 0 Å². The smallest absolute Gasteiger partial charge is 0.131 e. The fourth-order valence-electron chi connectivity index (χ4n) is 3.04. The Morgan fingerprint density at radius 1 is 1.25 bits per heavy atom. The summed E-state index contributed by atoms with van der Waals surface area (Å²) in [6.45, 7) is 6.68. The molecule has 0 aromatic carbocycles. The molecule has 0 spiro atoms. The van der Waals surface area contributed by atoms with E-state index in [0.717, 1.165) is 61.4 Å². The molecule has 2 aromatic rings. The number of hydrogen-bond acceptors (Lipinski definition) is 5. The molecule has 0 amide bonds. The molecule has 0 aliphatic carbocycles. The van der Waals surface area contributed by atoms with Crippen LogP contribution in [0.15, 0.2) is 18.3 Å². The van der Waals surface area contributed by atoms with E-state index in [9.17, 15) is 0 Å². The van der Waals surface area contributed by atoms with Crippen LogP contribution in [0.5, 0.6) is 0 Å². The van der Waals surface area contributed by atoms with Crippen LogP contribution in [0, 0.1) is 11.3 Å². The highest BCUT2D eigenvalue weighted by atomic mass is 35.5. The molecule has 1 aliphatic rings. The van der Waals surface area contributed by atoms with Crippen molar-refractivity contribution in [3.8, 4) is 6.07 Å². The average Bonchev–Trinajstić information content (AvgIpc) is 2.90. The van der Waals surface area contributed by atoms with Gasteiger partial charge in [-0.3, -0.25) is 9.58 Å². The summed E-state index contributed by atoms with van der Waals surface area (Å²) in [7, 11) is 1.89. The number of pyridine rings is 1. The Kier molecular flexibility index (Phi) is 5.03. The molecule has 1 saturated heterocycles. The molecule has 0 atom stereocenters. The van der Waals surface area contributed by atoms with Crippen LogP contribution < -0.4 is 4.90 Å². The molecule has 24 heavy (non-hydrogen) atoms. The normalized spacial score (nSPS) is 15.5. The maximum atomic E-state index is 8.85. The minimum Gasteiger partial charge on any atom is -0.354 e.